The number of piperazine rings is 1. The Balaban J connectivity index is 2.00. The summed E-state index contributed by atoms with van der Waals surface area (Å²) in [5, 5.41) is 0.439. The van der Waals surface area contributed by atoms with Gasteiger partial charge in [0.15, 0.2) is 0 Å². The number of hydrogen-bond donors (Lipinski definition) is 0. The van der Waals surface area contributed by atoms with Gasteiger partial charge in [-0.1, -0.05) is 11.6 Å². The van der Waals surface area contributed by atoms with E-state index in [-0.39, 0.29) is 12.0 Å². The van der Waals surface area contributed by atoms with Gasteiger partial charge in [0.05, 0.1) is 22.9 Å². The third-order valence-corrected chi connectivity index (χ3v) is 3.58. The molecule has 2 rings (SSSR count). The molecule has 0 unspecified atom stereocenters. The minimum absolute atomic E-state index is 0.106. The number of pyridine rings is 1. The summed E-state index contributed by atoms with van der Waals surface area (Å²) in [7, 11) is 0. The first-order valence-corrected chi connectivity index (χ1v) is 7.24. The fourth-order valence-electron chi connectivity index (χ4n) is 2.20. The van der Waals surface area contributed by atoms with E-state index < -0.39 is 0 Å². The van der Waals surface area contributed by atoms with Crippen molar-refractivity contribution in [2.45, 2.75) is 13.8 Å². The van der Waals surface area contributed by atoms with E-state index >= 15 is 0 Å². The second-order valence-corrected chi connectivity index (χ2v) is 5.20. The van der Waals surface area contributed by atoms with Gasteiger partial charge in [-0.25, -0.2) is 4.79 Å². The van der Waals surface area contributed by atoms with Crippen LogP contribution in [0.5, 0.6) is 0 Å². The summed E-state index contributed by atoms with van der Waals surface area (Å²) in [4.78, 5) is 31.5. The molecule has 0 aromatic carbocycles. The van der Waals surface area contributed by atoms with Crippen molar-refractivity contribution in [3.8, 4) is 0 Å². The number of halogens is 1. The molecule has 1 aromatic heterocycles. The van der Waals surface area contributed by atoms with Crippen LogP contribution in [0.15, 0.2) is 12.3 Å². The maximum atomic E-state index is 12.5. The molecule has 0 spiro atoms. The maximum Gasteiger partial charge on any atom is 0.409 e. The number of carbonyl (C=O) groups excluding carboxylic acids is 2. The fourth-order valence-corrected chi connectivity index (χ4v) is 2.36. The van der Waals surface area contributed by atoms with Gasteiger partial charge in [-0.2, -0.15) is 0 Å². The van der Waals surface area contributed by atoms with Crippen molar-refractivity contribution >= 4 is 23.6 Å². The van der Waals surface area contributed by atoms with E-state index in [1.807, 2.05) is 0 Å². The lowest BCUT2D eigenvalue weighted by atomic mass is 10.1. The van der Waals surface area contributed by atoms with E-state index in [0.717, 1.165) is 0 Å². The number of hydrogen-bond acceptors (Lipinski definition) is 4. The molecule has 1 aliphatic rings. The molecule has 1 aromatic rings. The Labute approximate surface area is 128 Å². The molecule has 1 saturated heterocycles. The number of aryl methyl sites for hydroxylation is 1. The summed E-state index contributed by atoms with van der Waals surface area (Å²) in [6.07, 6.45) is 1.19. The molecule has 0 aliphatic carbocycles. The second kappa shape index (κ2) is 6.76. The van der Waals surface area contributed by atoms with Crippen molar-refractivity contribution in [2.75, 3.05) is 32.8 Å². The highest BCUT2D eigenvalue weighted by Crippen LogP contribution is 2.16. The molecule has 2 heterocycles. The van der Waals surface area contributed by atoms with Crippen LogP contribution in [-0.4, -0.2) is 59.6 Å². The summed E-state index contributed by atoms with van der Waals surface area (Å²) in [5.74, 6) is -0.106. The van der Waals surface area contributed by atoms with Crippen LogP contribution in [0.25, 0.3) is 0 Å². The normalized spacial score (nSPS) is 15.0. The molecule has 1 aliphatic heterocycles. The van der Waals surface area contributed by atoms with E-state index in [4.69, 9.17) is 16.3 Å². The Morgan fingerprint density at radius 2 is 1.90 bits per heavy atom. The number of carbonyl (C=O) groups is 2. The summed E-state index contributed by atoms with van der Waals surface area (Å²) in [6, 6.07) is 1.63. The summed E-state index contributed by atoms with van der Waals surface area (Å²) in [6.45, 7) is 5.79. The first-order valence-electron chi connectivity index (χ1n) is 6.86. The molecule has 6 nitrogen and oxygen atoms in total. The van der Waals surface area contributed by atoms with Crippen LogP contribution < -0.4 is 0 Å². The van der Waals surface area contributed by atoms with Crippen LogP contribution in [-0.2, 0) is 4.74 Å². The van der Waals surface area contributed by atoms with Crippen molar-refractivity contribution in [1.82, 2.24) is 14.8 Å². The molecular formula is C14H18ClN3O3. The van der Waals surface area contributed by atoms with E-state index in [1.165, 1.54) is 6.20 Å². The van der Waals surface area contributed by atoms with E-state index in [9.17, 15) is 9.59 Å². The van der Waals surface area contributed by atoms with Crippen molar-refractivity contribution in [2.24, 2.45) is 0 Å². The predicted octanol–water partition coefficient (Wildman–Crippen LogP) is 1.96. The smallest absolute Gasteiger partial charge is 0.409 e. The van der Waals surface area contributed by atoms with Crippen molar-refractivity contribution in [1.29, 1.82) is 0 Å². The maximum absolute atomic E-state index is 12.5. The molecule has 2 amide bonds. The Morgan fingerprint density at radius 3 is 2.52 bits per heavy atom. The largest absolute Gasteiger partial charge is 0.450 e. The third-order valence-electron chi connectivity index (χ3n) is 3.38. The highest BCUT2D eigenvalue weighted by Gasteiger charge is 2.26. The minimum Gasteiger partial charge on any atom is -0.450 e. The molecule has 0 atom stereocenters. The number of nitrogens with zero attached hydrogens (tertiary/aromatic N) is 3. The Hall–Kier alpha value is -1.82. The molecule has 1 fully saturated rings. The van der Waals surface area contributed by atoms with Crippen LogP contribution >= 0.6 is 11.6 Å². The molecule has 0 bridgehead atoms. The molecule has 0 radical (unpaired) electrons. The lowest BCUT2D eigenvalue weighted by Crippen LogP contribution is -2.50. The zero-order valence-electron chi connectivity index (χ0n) is 12.1. The zero-order valence-corrected chi connectivity index (χ0v) is 12.9. The first kappa shape index (κ1) is 15.6. The van der Waals surface area contributed by atoms with Gasteiger partial charge in [0.1, 0.15) is 0 Å². The Kier molecular flexibility index (Phi) is 5.01. The molecule has 0 saturated carbocycles. The Bertz CT molecular complexity index is 542. The van der Waals surface area contributed by atoms with Crippen LogP contribution in [0.4, 0.5) is 4.79 Å². The first-order chi connectivity index (χ1) is 10.0. The monoisotopic (exact) mass is 311 g/mol. The van der Waals surface area contributed by atoms with E-state index in [0.29, 0.717) is 49.1 Å². The van der Waals surface area contributed by atoms with Crippen molar-refractivity contribution in [3.63, 3.8) is 0 Å². The van der Waals surface area contributed by atoms with Crippen LogP contribution in [0.3, 0.4) is 0 Å². The number of rotatable bonds is 2. The quantitative estimate of drug-likeness (QED) is 0.837. The molecule has 114 valence electrons. The van der Waals surface area contributed by atoms with E-state index in [1.54, 1.807) is 29.7 Å². The van der Waals surface area contributed by atoms with Crippen LogP contribution in [0.1, 0.15) is 23.0 Å². The van der Waals surface area contributed by atoms with Gasteiger partial charge in [0.25, 0.3) is 5.91 Å². The minimum atomic E-state index is -0.329. The summed E-state index contributed by atoms with van der Waals surface area (Å²) in [5.41, 5.74) is 1.16. The van der Waals surface area contributed by atoms with E-state index in [2.05, 4.69) is 4.98 Å². The second-order valence-electron chi connectivity index (χ2n) is 4.76. The van der Waals surface area contributed by atoms with Gasteiger partial charge in [-0.3, -0.25) is 9.78 Å². The molecular weight excluding hydrogens is 294 g/mol. The summed E-state index contributed by atoms with van der Waals surface area (Å²) < 4.78 is 4.95. The fraction of sp³-hybridized carbons (Fsp3) is 0.500. The van der Waals surface area contributed by atoms with Gasteiger partial charge in [-0.05, 0) is 19.9 Å². The van der Waals surface area contributed by atoms with Gasteiger partial charge >= 0.3 is 6.09 Å². The number of amides is 2. The van der Waals surface area contributed by atoms with Crippen molar-refractivity contribution in [3.05, 3.63) is 28.5 Å². The average molecular weight is 312 g/mol. The molecule has 21 heavy (non-hydrogen) atoms. The van der Waals surface area contributed by atoms with Crippen LogP contribution in [0, 0.1) is 6.92 Å². The topological polar surface area (TPSA) is 62.7 Å². The third kappa shape index (κ3) is 3.64. The average Bonchev–Trinajstić information content (AvgIpc) is 2.49. The Morgan fingerprint density at radius 1 is 1.29 bits per heavy atom. The van der Waals surface area contributed by atoms with Gasteiger partial charge in [0.2, 0.25) is 0 Å². The standard InChI is InChI=1S/C14H18ClN3O3/c1-3-21-14(20)18-6-4-17(5-7-18)13(19)12-8-11(15)9-16-10(12)2/h8-9H,3-7H2,1-2H3. The number of ether oxygens (including phenoxy) is 1. The SMILES string of the molecule is CCOC(=O)N1CCN(C(=O)c2cc(Cl)cnc2C)CC1. The predicted molar refractivity (Wildman–Crippen MR) is 78.5 cm³/mol. The molecule has 0 N–H and O–H groups in total. The van der Waals surface area contributed by atoms with Crippen LogP contribution in [0.2, 0.25) is 5.02 Å². The van der Waals surface area contributed by atoms with Crippen molar-refractivity contribution < 1.29 is 14.3 Å². The lowest BCUT2D eigenvalue weighted by Gasteiger charge is -2.34. The van der Waals surface area contributed by atoms with Gasteiger partial charge in [0, 0.05) is 32.4 Å². The van der Waals surface area contributed by atoms with Gasteiger partial charge in [-0.15, -0.1) is 0 Å². The molecule has 7 heteroatoms. The zero-order chi connectivity index (χ0) is 15.4. The highest BCUT2D eigenvalue weighted by atomic mass is 35.5. The highest BCUT2D eigenvalue weighted by molar-refractivity contribution is 6.30. The lowest BCUT2D eigenvalue weighted by molar-refractivity contribution is 0.0569. The van der Waals surface area contributed by atoms with Gasteiger partial charge < -0.3 is 14.5 Å². The number of aromatic nitrogens is 1. The summed E-state index contributed by atoms with van der Waals surface area (Å²) >= 11 is 5.90.